The summed E-state index contributed by atoms with van der Waals surface area (Å²) in [6.07, 6.45) is 0.561. The lowest BCUT2D eigenvalue weighted by Gasteiger charge is -2.08. The number of carbonyl (C=O) groups excluding carboxylic acids is 1. The van der Waals surface area contributed by atoms with Crippen LogP contribution in [0.4, 0.5) is 0 Å². The second-order valence-electron chi connectivity index (χ2n) is 6.49. The van der Waals surface area contributed by atoms with E-state index in [0.717, 1.165) is 21.7 Å². The van der Waals surface area contributed by atoms with Crippen LogP contribution < -0.4 is 5.56 Å². The number of nitrogens with zero attached hydrogens (tertiary/aromatic N) is 2. The number of carbonyl (C=O) groups is 1. The van der Waals surface area contributed by atoms with Crippen molar-refractivity contribution < 1.29 is 4.79 Å². The van der Waals surface area contributed by atoms with Gasteiger partial charge in [-0.25, -0.2) is 4.68 Å². The van der Waals surface area contributed by atoms with Gasteiger partial charge in [0.15, 0.2) is 0 Å². The number of Topliss-reactive ketones (excluding diaryl/α,β-unsaturated/α-hetero) is 1. The summed E-state index contributed by atoms with van der Waals surface area (Å²) in [6.45, 7) is 0. The summed E-state index contributed by atoms with van der Waals surface area (Å²) < 4.78 is 1.31. The summed E-state index contributed by atoms with van der Waals surface area (Å²) in [5.41, 5.74) is 1.49. The van der Waals surface area contributed by atoms with E-state index in [2.05, 4.69) is 17.2 Å². The third-order valence-electron chi connectivity index (χ3n) is 4.61. The number of hydrogen-bond donors (Lipinski definition) is 0. The Bertz CT molecular complexity index is 1190. The molecule has 0 saturated heterocycles. The Hall–Kier alpha value is -3.27. The van der Waals surface area contributed by atoms with Gasteiger partial charge in [-0.3, -0.25) is 9.59 Å². The van der Waals surface area contributed by atoms with Crippen molar-refractivity contribution in [1.29, 1.82) is 0 Å². The van der Waals surface area contributed by atoms with E-state index in [9.17, 15) is 9.59 Å². The highest BCUT2D eigenvalue weighted by atomic mass is 16.1. The number of rotatable bonds is 4. The van der Waals surface area contributed by atoms with Gasteiger partial charge in [0.2, 0.25) is 0 Å². The second-order valence-corrected chi connectivity index (χ2v) is 6.49. The van der Waals surface area contributed by atoms with Crippen LogP contribution >= 0.6 is 0 Å². The zero-order chi connectivity index (χ0) is 18.1. The van der Waals surface area contributed by atoms with E-state index in [-0.39, 0.29) is 17.8 Å². The van der Waals surface area contributed by atoms with Gasteiger partial charge in [-0.2, -0.15) is 5.10 Å². The molecule has 0 fully saturated rings. The Morgan fingerprint density at radius 1 is 0.885 bits per heavy atom. The van der Waals surface area contributed by atoms with Gasteiger partial charge in [-0.1, -0.05) is 60.7 Å². The molecule has 0 spiro atoms. The molecule has 3 aromatic carbocycles. The molecule has 0 aliphatic heterocycles. The Morgan fingerprint density at radius 2 is 1.58 bits per heavy atom. The van der Waals surface area contributed by atoms with Crippen molar-refractivity contribution in [3.63, 3.8) is 0 Å². The number of fused-ring (bicyclic) bond motifs is 2. The Kier molecular flexibility index (Phi) is 4.09. The molecule has 0 saturated carbocycles. The van der Waals surface area contributed by atoms with Gasteiger partial charge < -0.3 is 0 Å². The third-order valence-corrected chi connectivity index (χ3v) is 4.61. The molecule has 0 aliphatic carbocycles. The lowest BCUT2D eigenvalue weighted by atomic mass is 10.0. The zero-order valence-electron chi connectivity index (χ0n) is 14.5. The average Bonchev–Trinajstić information content (AvgIpc) is 2.66. The van der Waals surface area contributed by atoms with Gasteiger partial charge in [0.05, 0.1) is 17.5 Å². The molecule has 1 heterocycles. The highest BCUT2D eigenvalue weighted by Gasteiger charge is 2.13. The lowest BCUT2D eigenvalue weighted by molar-refractivity contribution is -0.117. The minimum Gasteiger partial charge on any atom is -0.299 e. The smallest absolute Gasteiger partial charge is 0.274 e. The summed E-state index contributed by atoms with van der Waals surface area (Å²) in [4.78, 5) is 24.8. The summed E-state index contributed by atoms with van der Waals surface area (Å²) in [5, 5.41) is 7.95. The fraction of sp³-hybridized carbons (Fsp3) is 0.136. The minimum atomic E-state index is -0.147. The first-order valence-electron chi connectivity index (χ1n) is 8.56. The van der Waals surface area contributed by atoms with Crippen molar-refractivity contribution in [1.82, 2.24) is 9.78 Å². The van der Waals surface area contributed by atoms with E-state index in [0.29, 0.717) is 17.5 Å². The van der Waals surface area contributed by atoms with Gasteiger partial charge >= 0.3 is 0 Å². The molecule has 0 bridgehead atoms. The molecule has 128 valence electrons. The third kappa shape index (κ3) is 3.02. The molecule has 26 heavy (non-hydrogen) atoms. The molecular weight excluding hydrogens is 324 g/mol. The van der Waals surface area contributed by atoms with Crippen molar-refractivity contribution in [2.24, 2.45) is 7.05 Å². The molecule has 4 rings (SSSR count). The first-order chi connectivity index (χ1) is 12.6. The maximum atomic E-state index is 12.6. The standard InChI is InChI=1S/C22H18N2O2/c1-24-22(26)20-9-5-4-8-19(20)21(23-24)14-18(25)13-15-10-11-16-6-2-3-7-17(16)12-15/h2-12H,13-14H2,1H3. The van der Waals surface area contributed by atoms with Crippen LogP contribution in [0.2, 0.25) is 0 Å². The summed E-state index contributed by atoms with van der Waals surface area (Å²) in [5.74, 6) is 0.0802. The molecule has 0 atom stereocenters. The first kappa shape index (κ1) is 16.2. The van der Waals surface area contributed by atoms with Crippen molar-refractivity contribution >= 4 is 27.3 Å². The van der Waals surface area contributed by atoms with E-state index in [4.69, 9.17) is 0 Å². The number of hydrogen-bond acceptors (Lipinski definition) is 3. The van der Waals surface area contributed by atoms with Crippen LogP contribution in [0.25, 0.3) is 21.5 Å². The SMILES string of the molecule is Cn1nc(CC(=O)Cc2ccc3ccccc3c2)c2ccccc2c1=O. The van der Waals surface area contributed by atoms with Crippen molar-refractivity contribution in [2.45, 2.75) is 12.8 Å². The molecule has 4 heteroatoms. The topological polar surface area (TPSA) is 52.0 Å². The molecule has 4 nitrogen and oxygen atoms in total. The van der Waals surface area contributed by atoms with E-state index in [1.807, 2.05) is 48.5 Å². The van der Waals surface area contributed by atoms with Crippen LogP contribution in [0, 0.1) is 0 Å². The average molecular weight is 342 g/mol. The van der Waals surface area contributed by atoms with Crippen LogP contribution in [0.5, 0.6) is 0 Å². The largest absolute Gasteiger partial charge is 0.299 e. The fourth-order valence-corrected chi connectivity index (χ4v) is 3.33. The van der Waals surface area contributed by atoms with E-state index < -0.39 is 0 Å². The molecule has 4 aromatic rings. The fourth-order valence-electron chi connectivity index (χ4n) is 3.33. The Labute approximate surface area is 150 Å². The van der Waals surface area contributed by atoms with Crippen LogP contribution in [0.15, 0.2) is 71.5 Å². The lowest BCUT2D eigenvalue weighted by Crippen LogP contribution is -2.22. The Balaban J connectivity index is 1.63. The summed E-state index contributed by atoms with van der Waals surface area (Å²) >= 11 is 0. The van der Waals surface area contributed by atoms with Gasteiger partial charge in [0.1, 0.15) is 5.78 Å². The molecule has 0 radical (unpaired) electrons. The normalized spacial score (nSPS) is 11.1. The first-order valence-corrected chi connectivity index (χ1v) is 8.56. The van der Waals surface area contributed by atoms with Crippen LogP contribution in [0.1, 0.15) is 11.3 Å². The van der Waals surface area contributed by atoms with Crippen LogP contribution in [-0.4, -0.2) is 15.6 Å². The predicted octanol–water partition coefficient (Wildman–Crippen LogP) is 3.44. The highest BCUT2D eigenvalue weighted by molar-refractivity contribution is 5.91. The predicted molar refractivity (Wildman–Crippen MR) is 103 cm³/mol. The summed E-state index contributed by atoms with van der Waals surface area (Å²) in [6, 6.07) is 21.5. The second kappa shape index (κ2) is 6.56. The molecule has 1 aromatic heterocycles. The number of ketones is 1. The van der Waals surface area contributed by atoms with E-state index in [1.54, 1.807) is 13.1 Å². The summed E-state index contributed by atoms with van der Waals surface area (Å²) in [7, 11) is 1.62. The molecule has 0 unspecified atom stereocenters. The maximum absolute atomic E-state index is 12.6. The van der Waals surface area contributed by atoms with E-state index >= 15 is 0 Å². The maximum Gasteiger partial charge on any atom is 0.274 e. The van der Waals surface area contributed by atoms with Crippen molar-refractivity contribution in [3.05, 3.63) is 88.3 Å². The quantitative estimate of drug-likeness (QED) is 0.571. The number of aryl methyl sites for hydroxylation is 1. The van der Waals surface area contributed by atoms with Gasteiger partial charge in [-0.15, -0.1) is 0 Å². The van der Waals surface area contributed by atoms with Crippen molar-refractivity contribution in [2.75, 3.05) is 0 Å². The van der Waals surface area contributed by atoms with Gasteiger partial charge in [0, 0.05) is 18.9 Å². The molecule has 0 amide bonds. The van der Waals surface area contributed by atoms with E-state index in [1.165, 1.54) is 4.68 Å². The Morgan fingerprint density at radius 3 is 2.38 bits per heavy atom. The van der Waals surface area contributed by atoms with Gasteiger partial charge in [0.25, 0.3) is 5.56 Å². The van der Waals surface area contributed by atoms with Crippen LogP contribution in [-0.2, 0) is 24.7 Å². The van der Waals surface area contributed by atoms with Gasteiger partial charge in [-0.05, 0) is 22.4 Å². The monoisotopic (exact) mass is 342 g/mol. The molecule has 0 N–H and O–H groups in total. The molecular formula is C22H18N2O2. The minimum absolute atomic E-state index is 0.0802. The zero-order valence-corrected chi connectivity index (χ0v) is 14.5. The highest BCUT2D eigenvalue weighted by Crippen LogP contribution is 2.18. The molecule has 0 aliphatic rings. The number of aromatic nitrogens is 2. The number of benzene rings is 3. The van der Waals surface area contributed by atoms with Crippen LogP contribution in [0.3, 0.4) is 0 Å². The van der Waals surface area contributed by atoms with Crippen molar-refractivity contribution in [3.8, 4) is 0 Å².